The molecule has 0 aliphatic heterocycles. The van der Waals surface area contributed by atoms with Gasteiger partial charge >= 0.3 is 17.3 Å². The van der Waals surface area contributed by atoms with Gasteiger partial charge in [-0.15, -0.1) is 0 Å². The Morgan fingerprint density at radius 1 is 1.42 bits per heavy atom. The maximum atomic E-state index is 13.4. The number of nitrogens with two attached hydrogens (primary N) is 1. The average molecular weight is 295 g/mol. The van der Waals surface area contributed by atoms with E-state index in [1.54, 1.807) is 6.92 Å². The fraction of sp³-hybridized carbons (Fsp3) is 0.273. The number of amides is 1. The number of amidine groups is 1. The highest BCUT2D eigenvalue weighted by atomic mass is 32.2. The molecule has 0 atom stereocenters. The molecule has 1 aromatic rings. The van der Waals surface area contributed by atoms with Gasteiger partial charge in [-0.1, -0.05) is 6.92 Å². The highest BCUT2D eigenvalue weighted by molar-refractivity contribution is 8.13. The Morgan fingerprint density at radius 2 is 2.05 bits per heavy atom. The van der Waals surface area contributed by atoms with E-state index < -0.39 is 29.0 Å². The van der Waals surface area contributed by atoms with Crippen molar-refractivity contribution in [3.05, 3.63) is 35.1 Å². The van der Waals surface area contributed by atoms with Gasteiger partial charge in [0.05, 0.1) is 5.56 Å². The third-order valence-corrected chi connectivity index (χ3v) is 2.78. The van der Waals surface area contributed by atoms with Gasteiger partial charge in [0.25, 0.3) is 0 Å². The second-order valence-corrected chi connectivity index (χ2v) is 4.75. The van der Waals surface area contributed by atoms with E-state index in [4.69, 9.17) is 5.41 Å². The first-order valence-electron chi connectivity index (χ1n) is 5.19. The largest absolute Gasteiger partial charge is 0.416 e. The normalized spacial score (nSPS) is 11.2. The number of carbonyl (C=O) groups is 1. The molecule has 0 heterocycles. The molecule has 1 amide bonds. The van der Waals surface area contributed by atoms with Crippen molar-refractivity contribution >= 4 is 22.8 Å². The molecule has 0 unspecified atom stereocenters. The van der Waals surface area contributed by atoms with E-state index in [9.17, 15) is 22.4 Å². The van der Waals surface area contributed by atoms with Crippen molar-refractivity contribution in [2.24, 2.45) is 0 Å². The van der Waals surface area contributed by atoms with Crippen LogP contribution in [0.15, 0.2) is 18.2 Å². The second kappa shape index (κ2) is 6.05. The first kappa shape index (κ1) is 15.5. The van der Waals surface area contributed by atoms with Crippen LogP contribution in [0.4, 0.5) is 17.6 Å². The van der Waals surface area contributed by atoms with Crippen LogP contribution in [0.2, 0.25) is 0 Å². The Kier molecular flexibility index (Phi) is 4.93. The highest BCUT2D eigenvalue weighted by Gasteiger charge is 2.32. The lowest BCUT2D eigenvalue weighted by atomic mass is 10.1. The van der Waals surface area contributed by atoms with Crippen LogP contribution in [-0.2, 0) is 6.18 Å². The van der Waals surface area contributed by atoms with E-state index in [-0.39, 0.29) is 5.17 Å². The van der Waals surface area contributed by atoms with Crippen LogP contribution in [0.25, 0.3) is 0 Å². The van der Waals surface area contributed by atoms with E-state index in [1.165, 1.54) is 0 Å². The number of hydrogen-bond acceptors (Lipinski definition) is 2. The van der Waals surface area contributed by atoms with Crippen molar-refractivity contribution in [1.82, 2.24) is 5.32 Å². The zero-order valence-corrected chi connectivity index (χ0v) is 10.7. The Labute approximate surface area is 110 Å². The zero-order chi connectivity index (χ0) is 14.6. The van der Waals surface area contributed by atoms with Gasteiger partial charge in [-0.2, -0.15) is 13.2 Å². The van der Waals surface area contributed by atoms with Gasteiger partial charge in [0, 0.05) is 5.75 Å². The molecule has 0 radical (unpaired) electrons. The summed E-state index contributed by atoms with van der Waals surface area (Å²) in [7, 11) is 0. The second-order valence-electron chi connectivity index (χ2n) is 3.44. The average Bonchev–Trinajstić information content (AvgIpc) is 2.27. The maximum Gasteiger partial charge on any atom is 0.416 e. The summed E-state index contributed by atoms with van der Waals surface area (Å²) in [6.45, 7) is 1.77. The molecule has 0 aromatic heterocycles. The lowest BCUT2D eigenvalue weighted by molar-refractivity contribution is -0.137. The van der Waals surface area contributed by atoms with Crippen molar-refractivity contribution in [2.45, 2.75) is 13.1 Å². The molecule has 3 N–H and O–H groups in total. The number of rotatable bonds is 2. The third kappa shape index (κ3) is 4.23. The van der Waals surface area contributed by atoms with Crippen molar-refractivity contribution in [3.8, 4) is 0 Å². The molecule has 8 heteroatoms. The molecule has 0 fully saturated rings. The number of thioether (sulfide) groups is 1. The minimum absolute atomic E-state index is 0.00399. The number of hydrogen-bond donors (Lipinski definition) is 2. The van der Waals surface area contributed by atoms with E-state index in [2.05, 4.69) is 5.32 Å². The van der Waals surface area contributed by atoms with E-state index in [1.807, 2.05) is 0 Å². The number of halogens is 4. The summed E-state index contributed by atoms with van der Waals surface area (Å²) in [5.41, 5.74) is -1.80. The molecule has 19 heavy (non-hydrogen) atoms. The van der Waals surface area contributed by atoms with Gasteiger partial charge in [0.1, 0.15) is 11.4 Å². The van der Waals surface area contributed by atoms with Crippen LogP contribution < -0.4 is 10.7 Å². The minimum atomic E-state index is -4.64. The number of alkyl halides is 3. The van der Waals surface area contributed by atoms with Crippen molar-refractivity contribution in [2.75, 3.05) is 5.75 Å². The molecule has 1 aromatic carbocycles. The predicted octanol–water partition coefficient (Wildman–Crippen LogP) is 1.44. The van der Waals surface area contributed by atoms with Crippen molar-refractivity contribution in [3.63, 3.8) is 0 Å². The van der Waals surface area contributed by atoms with Crippen LogP contribution in [0.3, 0.4) is 0 Å². The molecule has 3 nitrogen and oxygen atoms in total. The lowest BCUT2D eigenvalue weighted by Gasteiger charge is -2.08. The Hall–Kier alpha value is -1.57. The first-order valence-corrected chi connectivity index (χ1v) is 6.17. The predicted molar refractivity (Wildman–Crippen MR) is 63.9 cm³/mol. The summed E-state index contributed by atoms with van der Waals surface area (Å²) in [5.74, 6) is -1.49. The van der Waals surface area contributed by atoms with Crippen LogP contribution in [0.5, 0.6) is 0 Å². The Bertz CT molecular complexity index is 502. The van der Waals surface area contributed by atoms with Crippen LogP contribution >= 0.6 is 11.8 Å². The van der Waals surface area contributed by atoms with Gasteiger partial charge in [0.15, 0.2) is 0 Å². The summed E-state index contributed by atoms with van der Waals surface area (Å²) >= 11 is 1.09. The van der Waals surface area contributed by atoms with Gasteiger partial charge in [-0.05, 0) is 30.0 Å². The van der Waals surface area contributed by atoms with Crippen molar-refractivity contribution < 1.29 is 27.8 Å². The standard InChI is InChI=1S/C11H10F4N2OS/c1-2-19-10(16)17-9(18)7-5-6(11(13,14)15)3-4-8(7)12/h3-5H,2H2,1H3,(H2,16,17,18)/p+1. The summed E-state index contributed by atoms with van der Waals surface area (Å²) in [6.07, 6.45) is -4.64. The first-order chi connectivity index (χ1) is 8.75. The summed E-state index contributed by atoms with van der Waals surface area (Å²) in [4.78, 5) is 11.6. The molecule has 0 spiro atoms. The number of benzene rings is 1. The summed E-state index contributed by atoms with van der Waals surface area (Å²) in [6, 6.07) is 1.62. The number of nitrogens with one attached hydrogen (secondary N) is 1. The van der Waals surface area contributed by atoms with Crippen molar-refractivity contribution in [1.29, 1.82) is 0 Å². The fourth-order valence-corrected chi connectivity index (χ4v) is 1.72. The minimum Gasteiger partial charge on any atom is -0.281 e. The molecule has 1 rings (SSSR count). The summed E-state index contributed by atoms with van der Waals surface area (Å²) in [5, 5.41) is 7.53. The van der Waals surface area contributed by atoms with Gasteiger partial charge in [-0.3, -0.25) is 5.41 Å². The lowest BCUT2D eigenvalue weighted by Crippen LogP contribution is -2.49. The quantitative estimate of drug-likeness (QED) is 0.493. The molecule has 0 saturated carbocycles. The Balaban J connectivity index is 2.99. The monoisotopic (exact) mass is 295 g/mol. The molecule has 0 saturated heterocycles. The molecule has 0 aliphatic carbocycles. The van der Waals surface area contributed by atoms with Crippen LogP contribution in [0, 0.1) is 5.82 Å². The topological polar surface area (TPSA) is 54.7 Å². The van der Waals surface area contributed by atoms with E-state index in [0.717, 1.165) is 11.8 Å². The number of carbonyl (C=O) groups excluding carboxylic acids is 1. The fourth-order valence-electron chi connectivity index (χ4n) is 1.25. The zero-order valence-electron chi connectivity index (χ0n) is 9.84. The molecular formula is C11H11F4N2OS+. The molecule has 0 bridgehead atoms. The van der Waals surface area contributed by atoms with E-state index in [0.29, 0.717) is 24.0 Å². The molecular weight excluding hydrogens is 284 g/mol. The van der Waals surface area contributed by atoms with Gasteiger partial charge in [0.2, 0.25) is 0 Å². The van der Waals surface area contributed by atoms with E-state index >= 15 is 0 Å². The summed E-state index contributed by atoms with van der Waals surface area (Å²) < 4.78 is 50.7. The third-order valence-electron chi connectivity index (χ3n) is 2.07. The molecule has 104 valence electrons. The van der Waals surface area contributed by atoms with Gasteiger partial charge in [-0.25, -0.2) is 14.5 Å². The Morgan fingerprint density at radius 3 is 2.58 bits per heavy atom. The molecule has 0 aliphatic rings. The van der Waals surface area contributed by atoms with Crippen LogP contribution in [0.1, 0.15) is 22.8 Å². The highest BCUT2D eigenvalue weighted by Crippen LogP contribution is 2.30. The maximum absolute atomic E-state index is 13.4. The smallest absolute Gasteiger partial charge is 0.281 e. The van der Waals surface area contributed by atoms with Gasteiger partial charge < -0.3 is 0 Å². The SMILES string of the molecule is CCSC(=[NH2+])NC(=O)c1cc(C(F)(F)F)ccc1F. The van der Waals surface area contributed by atoms with Crippen LogP contribution in [-0.4, -0.2) is 16.8 Å².